The molecule has 0 bridgehead atoms. The van der Waals surface area contributed by atoms with Crippen molar-refractivity contribution in [1.82, 2.24) is 0 Å². The molecule has 3 heteroatoms. The summed E-state index contributed by atoms with van der Waals surface area (Å²) in [5.74, 6) is 2.54. The predicted octanol–water partition coefficient (Wildman–Crippen LogP) is 3.83. The third kappa shape index (κ3) is 3.76. The van der Waals surface area contributed by atoms with E-state index in [-0.39, 0.29) is 0 Å². The second-order valence-corrected chi connectivity index (χ2v) is 4.10. The number of benzene rings is 1. The lowest BCUT2D eigenvalue weighted by Crippen LogP contribution is -1.97. The van der Waals surface area contributed by atoms with Crippen LogP contribution in [0.25, 0.3) is 0 Å². The minimum absolute atomic E-state index is 0.463. The van der Waals surface area contributed by atoms with Gasteiger partial charge in [-0.1, -0.05) is 29.3 Å². The molecule has 0 saturated carbocycles. The third-order valence-electron chi connectivity index (χ3n) is 2.13. The number of hydrogen-bond acceptors (Lipinski definition) is 1. The Morgan fingerprint density at radius 3 is 2.67 bits per heavy atom. The van der Waals surface area contributed by atoms with Crippen molar-refractivity contribution in [2.24, 2.45) is 0 Å². The van der Waals surface area contributed by atoms with E-state index < -0.39 is 6.10 Å². The monoisotopic (exact) mass is 242 g/mol. The fourth-order valence-electron chi connectivity index (χ4n) is 1.28. The van der Waals surface area contributed by atoms with Gasteiger partial charge < -0.3 is 5.11 Å². The number of unbranched alkanes of at least 4 members (excludes halogenated alkanes) is 1. The second-order valence-electron chi connectivity index (χ2n) is 3.29. The molecule has 0 aromatic heterocycles. The van der Waals surface area contributed by atoms with E-state index in [9.17, 15) is 5.11 Å². The molecule has 1 rings (SSSR count). The topological polar surface area (TPSA) is 20.2 Å². The third-order valence-corrected chi connectivity index (χ3v) is 2.87. The van der Waals surface area contributed by atoms with Crippen molar-refractivity contribution in [2.75, 3.05) is 0 Å². The maximum Gasteiger partial charge on any atom is 0.0790 e. The van der Waals surface area contributed by atoms with Crippen molar-refractivity contribution in [3.05, 3.63) is 33.8 Å². The van der Waals surface area contributed by atoms with Crippen LogP contribution >= 0.6 is 23.2 Å². The molecule has 0 heterocycles. The predicted molar refractivity (Wildman–Crippen MR) is 64.1 cm³/mol. The lowest BCUT2D eigenvalue weighted by molar-refractivity contribution is 0.165. The van der Waals surface area contributed by atoms with E-state index in [2.05, 4.69) is 5.92 Å². The summed E-state index contributed by atoms with van der Waals surface area (Å²) >= 11 is 11.6. The molecular weight excluding hydrogens is 231 g/mol. The van der Waals surface area contributed by atoms with E-state index in [1.807, 2.05) is 0 Å². The van der Waals surface area contributed by atoms with Gasteiger partial charge in [-0.05, 0) is 30.5 Å². The second kappa shape index (κ2) is 6.02. The first-order chi connectivity index (χ1) is 7.15. The van der Waals surface area contributed by atoms with E-state index in [0.717, 1.165) is 12.0 Å². The summed E-state index contributed by atoms with van der Waals surface area (Å²) in [6.07, 6.45) is 6.73. The zero-order valence-corrected chi connectivity index (χ0v) is 9.72. The van der Waals surface area contributed by atoms with Gasteiger partial charge in [-0.15, -0.1) is 12.3 Å². The van der Waals surface area contributed by atoms with Gasteiger partial charge in [0, 0.05) is 6.42 Å². The molecule has 15 heavy (non-hydrogen) atoms. The highest BCUT2D eigenvalue weighted by atomic mass is 35.5. The van der Waals surface area contributed by atoms with Crippen LogP contribution in [0, 0.1) is 12.3 Å². The summed E-state index contributed by atoms with van der Waals surface area (Å²) in [6, 6.07) is 5.14. The summed E-state index contributed by atoms with van der Waals surface area (Å²) in [5, 5.41) is 10.8. The van der Waals surface area contributed by atoms with Gasteiger partial charge in [0.2, 0.25) is 0 Å². The van der Waals surface area contributed by atoms with Crippen molar-refractivity contribution in [2.45, 2.75) is 25.4 Å². The van der Waals surface area contributed by atoms with Crippen molar-refractivity contribution in [1.29, 1.82) is 0 Å². The maximum atomic E-state index is 9.79. The van der Waals surface area contributed by atoms with Crippen LogP contribution in [0.3, 0.4) is 0 Å². The molecular formula is C12H12Cl2O. The quantitative estimate of drug-likeness (QED) is 0.629. The van der Waals surface area contributed by atoms with Gasteiger partial charge in [0.15, 0.2) is 0 Å². The first kappa shape index (κ1) is 12.4. The van der Waals surface area contributed by atoms with Crippen LogP contribution in [0.4, 0.5) is 0 Å². The Bertz CT molecular complexity index is 368. The minimum Gasteiger partial charge on any atom is -0.388 e. The molecule has 0 aliphatic heterocycles. The molecule has 1 unspecified atom stereocenters. The highest BCUT2D eigenvalue weighted by molar-refractivity contribution is 6.42. The average Bonchev–Trinajstić information content (AvgIpc) is 2.22. The largest absolute Gasteiger partial charge is 0.388 e. The number of aliphatic hydroxyl groups excluding tert-OH is 1. The fourth-order valence-corrected chi connectivity index (χ4v) is 1.59. The van der Waals surface area contributed by atoms with E-state index in [0.29, 0.717) is 22.9 Å². The van der Waals surface area contributed by atoms with Crippen molar-refractivity contribution in [3.8, 4) is 12.3 Å². The van der Waals surface area contributed by atoms with Gasteiger partial charge in [-0.2, -0.15) is 0 Å². The number of aliphatic hydroxyl groups is 1. The van der Waals surface area contributed by atoms with E-state index in [1.54, 1.807) is 18.2 Å². The van der Waals surface area contributed by atoms with Gasteiger partial charge in [-0.25, -0.2) is 0 Å². The van der Waals surface area contributed by atoms with Crippen LogP contribution in [0.1, 0.15) is 30.9 Å². The maximum absolute atomic E-state index is 9.79. The Hall–Kier alpha value is -0.680. The molecule has 1 atom stereocenters. The zero-order valence-electron chi connectivity index (χ0n) is 8.21. The SMILES string of the molecule is C#CCCCC(O)c1ccc(Cl)c(Cl)c1. The Labute approximate surface area is 100 Å². The molecule has 80 valence electrons. The fraction of sp³-hybridized carbons (Fsp3) is 0.333. The van der Waals surface area contributed by atoms with Gasteiger partial charge in [0.1, 0.15) is 0 Å². The Kier molecular flexibility index (Phi) is 4.98. The smallest absolute Gasteiger partial charge is 0.0790 e. The molecule has 0 amide bonds. The highest BCUT2D eigenvalue weighted by Crippen LogP contribution is 2.27. The van der Waals surface area contributed by atoms with E-state index in [1.165, 1.54) is 0 Å². The van der Waals surface area contributed by atoms with Gasteiger partial charge in [0.25, 0.3) is 0 Å². The highest BCUT2D eigenvalue weighted by Gasteiger charge is 2.08. The first-order valence-corrected chi connectivity index (χ1v) is 5.47. The van der Waals surface area contributed by atoms with Crippen LogP contribution < -0.4 is 0 Å². The van der Waals surface area contributed by atoms with Crippen LogP contribution in [0.15, 0.2) is 18.2 Å². The minimum atomic E-state index is -0.520. The number of halogens is 2. The first-order valence-electron chi connectivity index (χ1n) is 4.71. The molecule has 0 fully saturated rings. The van der Waals surface area contributed by atoms with E-state index >= 15 is 0 Å². The standard InChI is InChI=1S/C12H12Cl2O/c1-2-3-4-5-12(15)9-6-7-10(13)11(14)8-9/h1,6-8,12,15H,3-5H2. The van der Waals surface area contributed by atoms with Gasteiger partial charge in [-0.3, -0.25) is 0 Å². The van der Waals surface area contributed by atoms with Crippen molar-refractivity contribution >= 4 is 23.2 Å². The van der Waals surface area contributed by atoms with Crippen molar-refractivity contribution in [3.63, 3.8) is 0 Å². The molecule has 1 N–H and O–H groups in total. The summed E-state index contributed by atoms with van der Waals surface area (Å²) in [4.78, 5) is 0. The van der Waals surface area contributed by atoms with Gasteiger partial charge >= 0.3 is 0 Å². The molecule has 0 aliphatic carbocycles. The van der Waals surface area contributed by atoms with Gasteiger partial charge in [0.05, 0.1) is 16.1 Å². The molecule has 1 aromatic carbocycles. The average molecular weight is 243 g/mol. The number of terminal acetylenes is 1. The lowest BCUT2D eigenvalue weighted by Gasteiger charge is -2.10. The summed E-state index contributed by atoms with van der Waals surface area (Å²) in [5.41, 5.74) is 0.779. The lowest BCUT2D eigenvalue weighted by atomic mass is 10.0. The van der Waals surface area contributed by atoms with Crippen LogP contribution in [0.5, 0.6) is 0 Å². The van der Waals surface area contributed by atoms with Crippen LogP contribution in [-0.2, 0) is 0 Å². The normalized spacial score (nSPS) is 12.1. The zero-order chi connectivity index (χ0) is 11.3. The Morgan fingerprint density at radius 1 is 1.33 bits per heavy atom. The summed E-state index contributed by atoms with van der Waals surface area (Å²) < 4.78 is 0. The molecule has 0 radical (unpaired) electrons. The van der Waals surface area contributed by atoms with Crippen molar-refractivity contribution < 1.29 is 5.11 Å². The van der Waals surface area contributed by atoms with Crippen LogP contribution in [-0.4, -0.2) is 5.11 Å². The molecule has 0 spiro atoms. The number of hydrogen-bond donors (Lipinski definition) is 1. The molecule has 1 aromatic rings. The van der Waals surface area contributed by atoms with E-state index in [4.69, 9.17) is 29.6 Å². The molecule has 0 aliphatic rings. The summed E-state index contributed by atoms with van der Waals surface area (Å²) in [7, 11) is 0. The summed E-state index contributed by atoms with van der Waals surface area (Å²) in [6.45, 7) is 0. The Morgan fingerprint density at radius 2 is 2.07 bits per heavy atom. The molecule has 0 saturated heterocycles. The Balaban J connectivity index is 2.62. The van der Waals surface area contributed by atoms with Crippen LogP contribution in [0.2, 0.25) is 10.0 Å². The number of rotatable bonds is 4. The molecule has 1 nitrogen and oxygen atoms in total.